The van der Waals surface area contributed by atoms with Gasteiger partial charge >= 0.3 is 5.69 Å². The second kappa shape index (κ2) is 10.1. The van der Waals surface area contributed by atoms with Gasteiger partial charge in [-0.2, -0.15) is 6.07 Å². The van der Waals surface area contributed by atoms with Crippen molar-refractivity contribution in [1.29, 1.82) is 0 Å². The molecule has 0 fully saturated rings. The Morgan fingerprint density at radius 3 is 2.56 bits per heavy atom. The van der Waals surface area contributed by atoms with Gasteiger partial charge in [-0.3, -0.25) is 14.3 Å². The van der Waals surface area contributed by atoms with Crippen molar-refractivity contribution in [2.45, 2.75) is 20.8 Å². The zero-order valence-electron chi connectivity index (χ0n) is 14.2. The number of aryl methyl sites for hydroxylation is 1. The van der Waals surface area contributed by atoms with Gasteiger partial charge in [0.2, 0.25) is 0 Å². The maximum absolute atomic E-state index is 13.5. The normalized spacial score (nSPS) is 9.48. The van der Waals surface area contributed by atoms with Crippen molar-refractivity contribution >= 4 is 22.6 Å². The van der Waals surface area contributed by atoms with Crippen LogP contribution in [0.25, 0.3) is 16.7 Å². The van der Waals surface area contributed by atoms with Gasteiger partial charge in [-0.25, -0.2) is 14.2 Å². The van der Waals surface area contributed by atoms with Crippen LogP contribution >= 0.6 is 11.6 Å². The summed E-state index contributed by atoms with van der Waals surface area (Å²) in [7, 11) is 0. The zero-order valence-corrected chi connectivity index (χ0v) is 18.7. The predicted molar refractivity (Wildman–Crippen MR) is 92.1 cm³/mol. The van der Waals surface area contributed by atoms with Gasteiger partial charge in [0, 0.05) is 41.3 Å². The van der Waals surface area contributed by atoms with Gasteiger partial charge in [-0.05, 0) is 11.8 Å². The first-order chi connectivity index (χ1) is 11.0. The molecule has 3 rings (SSSR count). The number of rotatable bonds is 1. The first kappa shape index (κ1) is 23.8. The average molecular weight is 492 g/mol. The molecule has 0 spiro atoms. The zero-order chi connectivity index (χ0) is 17.1. The molecule has 3 heterocycles. The Bertz CT molecular complexity index is 988. The smallest absolute Gasteiger partial charge is 0.332 e. The van der Waals surface area contributed by atoms with E-state index in [1.807, 2.05) is 13.8 Å². The average Bonchev–Trinajstić information content (AvgIpc) is 2.53. The largest absolute Gasteiger partial charge is 0.392 e. The molecular formula is C16H16ClFN4O2Pr-2. The molecule has 0 saturated heterocycles. The van der Waals surface area contributed by atoms with Crippen molar-refractivity contribution in [3.63, 3.8) is 0 Å². The number of aromatic nitrogens is 4. The molecule has 0 bridgehead atoms. The summed E-state index contributed by atoms with van der Waals surface area (Å²) in [4.78, 5) is 33.6. The van der Waals surface area contributed by atoms with Crippen LogP contribution in [0.4, 0.5) is 4.39 Å². The Balaban J connectivity index is 0.00000139. The summed E-state index contributed by atoms with van der Waals surface area (Å²) in [5.41, 5.74) is -0.532. The fourth-order valence-corrected chi connectivity index (χ4v) is 2.09. The topological polar surface area (TPSA) is 80.6 Å². The van der Waals surface area contributed by atoms with E-state index in [0.29, 0.717) is 11.3 Å². The van der Waals surface area contributed by atoms with E-state index in [0.717, 1.165) is 10.6 Å². The van der Waals surface area contributed by atoms with Gasteiger partial charge in [0.15, 0.2) is 16.6 Å². The maximum atomic E-state index is 13.5. The van der Waals surface area contributed by atoms with E-state index in [1.165, 1.54) is 6.20 Å². The number of pyridine rings is 2. The molecule has 0 aliphatic heterocycles. The summed E-state index contributed by atoms with van der Waals surface area (Å²) in [6.45, 7) is 5.74. The van der Waals surface area contributed by atoms with E-state index >= 15 is 0 Å². The van der Waals surface area contributed by atoms with Crippen LogP contribution < -0.4 is 11.2 Å². The number of aromatic amines is 1. The van der Waals surface area contributed by atoms with Crippen LogP contribution in [-0.2, 0) is 0 Å². The number of H-pyrrole nitrogens is 1. The van der Waals surface area contributed by atoms with Gasteiger partial charge in [-0.1, -0.05) is 44.8 Å². The minimum absolute atomic E-state index is 0. The molecule has 0 aliphatic carbocycles. The van der Waals surface area contributed by atoms with Crippen LogP contribution in [0, 0.1) is 67.7 Å². The second-order valence-corrected chi connectivity index (χ2v) is 4.67. The molecule has 0 amide bonds. The molecule has 6 nitrogen and oxygen atoms in total. The first-order valence-corrected chi connectivity index (χ1v) is 7.21. The van der Waals surface area contributed by atoms with E-state index < -0.39 is 22.2 Å². The van der Waals surface area contributed by atoms with Crippen molar-refractivity contribution in [3.8, 4) is 5.69 Å². The Kier molecular flexibility index (Phi) is 9.61. The fourth-order valence-electron chi connectivity index (χ4n) is 1.96. The molecule has 1 N–H and O–H groups in total. The van der Waals surface area contributed by atoms with Gasteiger partial charge in [0.1, 0.15) is 0 Å². The number of nitrogens with zero attached hydrogens (tertiary/aromatic N) is 3. The van der Waals surface area contributed by atoms with Crippen LogP contribution in [-0.4, -0.2) is 19.5 Å². The minimum Gasteiger partial charge on any atom is -0.392 e. The van der Waals surface area contributed by atoms with Crippen molar-refractivity contribution in [2.24, 2.45) is 0 Å². The number of hydrogen-bond acceptors (Lipinski definition) is 4. The van der Waals surface area contributed by atoms with Gasteiger partial charge in [0.25, 0.3) is 5.56 Å². The van der Waals surface area contributed by atoms with Gasteiger partial charge in [-0.15, -0.1) is 5.56 Å². The van der Waals surface area contributed by atoms with Crippen LogP contribution in [0.2, 0.25) is 5.15 Å². The van der Waals surface area contributed by atoms with E-state index in [2.05, 4.69) is 21.1 Å². The van der Waals surface area contributed by atoms with E-state index in [4.69, 9.17) is 11.6 Å². The SMILES string of the molecule is CC.Cc1ccn[c-]c1-n1c(=O)[nH]c(=O)c2cc(F)c(Cl)nc21.[CH3-].[Pr]. The number of hydrogen-bond donors (Lipinski definition) is 1. The second-order valence-electron chi connectivity index (χ2n) is 4.32. The third kappa shape index (κ3) is 4.71. The van der Waals surface area contributed by atoms with Gasteiger partial charge in [0.05, 0.1) is 5.39 Å². The van der Waals surface area contributed by atoms with E-state index in [-0.39, 0.29) is 59.8 Å². The van der Waals surface area contributed by atoms with Crippen molar-refractivity contribution in [3.05, 3.63) is 69.3 Å². The monoisotopic (exact) mass is 491 g/mol. The molecule has 25 heavy (non-hydrogen) atoms. The summed E-state index contributed by atoms with van der Waals surface area (Å²) in [5, 5.41) is -0.518. The summed E-state index contributed by atoms with van der Waals surface area (Å²) in [5.74, 6) is -0.841. The molecule has 3 aromatic rings. The minimum atomic E-state index is -0.841. The number of nitrogens with one attached hydrogen (secondary N) is 1. The number of fused-ring (bicyclic) bond motifs is 1. The summed E-state index contributed by atoms with van der Waals surface area (Å²) in [6, 6.07) is 2.60. The predicted octanol–water partition coefficient (Wildman–Crippen LogP) is 2.85. The Labute approximate surface area is 182 Å². The van der Waals surface area contributed by atoms with E-state index in [1.54, 1.807) is 13.0 Å². The van der Waals surface area contributed by atoms with Crippen molar-refractivity contribution < 1.29 is 45.7 Å². The molecule has 0 saturated carbocycles. The Hall–Kier alpha value is -1.18. The third-order valence-corrected chi connectivity index (χ3v) is 3.22. The molecule has 9 heteroatoms. The standard InChI is InChI=1S/C13H7ClFN4O2.C2H6.CH3.Pr/c1-6-2-3-16-5-9(6)19-11-7(12(20)18-13(19)21)4-8(15)10(14)17-11;1-2;;/h2-4H,1H3,(H,18,20,21);1-2H3;1H3;/q-1;;-1;. The van der Waals surface area contributed by atoms with Crippen molar-refractivity contribution in [1.82, 2.24) is 19.5 Å². The molecule has 0 aliphatic rings. The summed E-state index contributed by atoms with van der Waals surface area (Å²) < 4.78 is 14.6. The van der Waals surface area contributed by atoms with Crippen LogP contribution in [0.3, 0.4) is 0 Å². The Morgan fingerprint density at radius 2 is 1.96 bits per heavy atom. The molecule has 0 atom stereocenters. The molecule has 0 aromatic carbocycles. The van der Waals surface area contributed by atoms with Crippen LogP contribution in [0.15, 0.2) is 27.9 Å². The number of halogens is 2. The fraction of sp³-hybridized carbons (Fsp3) is 0.188. The molecular weight excluding hydrogens is 476 g/mol. The Morgan fingerprint density at radius 1 is 1.32 bits per heavy atom. The molecule has 3 aromatic heterocycles. The van der Waals surface area contributed by atoms with Crippen LogP contribution in [0.5, 0.6) is 0 Å². The first-order valence-electron chi connectivity index (χ1n) is 6.84. The molecule has 1 radical (unpaired) electrons. The quantitative estimate of drug-likeness (QED) is 0.419. The third-order valence-electron chi connectivity index (χ3n) is 2.96. The van der Waals surface area contributed by atoms with Gasteiger partial charge < -0.3 is 12.4 Å². The van der Waals surface area contributed by atoms with Crippen molar-refractivity contribution in [2.75, 3.05) is 0 Å². The maximum Gasteiger partial charge on any atom is 0.332 e. The van der Waals surface area contributed by atoms with E-state index in [9.17, 15) is 14.0 Å². The summed E-state index contributed by atoms with van der Waals surface area (Å²) in [6.07, 6.45) is 4.17. The summed E-state index contributed by atoms with van der Waals surface area (Å²) >= 11 is 5.65. The van der Waals surface area contributed by atoms with Crippen LogP contribution in [0.1, 0.15) is 19.4 Å². The molecule has 0 unspecified atom stereocenters. The molecule has 131 valence electrons.